The van der Waals surface area contributed by atoms with E-state index in [1.807, 2.05) is 17.5 Å². The van der Waals surface area contributed by atoms with Gasteiger partial charge in [0.05, 0.1) is 4.88 Å². The van der Waals surface area contributed by atoms with Gasteiger partial charge in [0.1, 0.15) is 6.04 Å². The van der Waals surface area contributed by atoms with Gasteiger partial charge in [-0.25, -0.2) is 0 Å². The Morgan fingerprint density at radius 1 is 1.08 bits per heavy atom. The molecule has 0 radical (unpaired) electrons. The van der Waals surface area contributed by atoms with E-state index in [2.05, 4.69) is 10.2 Å². The maximum Gasteiger partial charge on any atom is 0.264 e. The summed E-state index contributed by atoms with van der Waals surface area (Å²) in [5, 5.41) is 4.99. The Bertz CT molecular complexity index is 568. The van der Waals surface area contributed by atoms with E-state index >= 15 is 0 Å². The summed E-state index contributed by atoms with van der Waals surface area (Å²) in [6, 6.07) is 3.42. The van der Waals surface area contributed by atoms with Crippen LogP contribution in [-0.2, 0) is 4.79 Å². The molecule has 5 nitrogen and oxygen atoms in total. The van der Waals surface area contributed by atoms with Crippen LogP contribution in [0.4, 0.5) is 0 Å². The molecule has 2 amide bonds. The Hall–Kier alpha value is -1.40. The Morgan fingerprint density at radius 3 is 2.58 bits per heavy atom. The first-order chi connectivity index (χ1) is 12.8. The van der Waals surface area contributed by atoms with Gasteiger partial charge in [-0.05, 0) is 69.6 Å². The van der Waals surface area contributed by atoms with Gasteiger partial charge < -0.3 is 15.1 Å². The summed E-state index contributed by atoms with van der Waals surface area (Å²) < 4.78 is 0. The fourth-order valence-electron chi connectivity index (χ4n) is 3.98. The van der Waals surface area contributed by atoms with Gasteiger partial charge in [0.15, 0.2) is 0 Å². The smallest absolute Gasteiger partial charge is 0.264 e. The minimum Gasteiger partial charge on any atom is -0.354 e. The summed E-state index contributed by atoms with van der Waals surface area (Å²) in [5.74, 6) is 0.0230. The number of hydrogen-bond acceptors (Lipinski definition) is 4. The normalized spacial score (nSPS) is 22.0. The van der Waals surface area contributed by atoms with E-state index < -0.39 is 0 Å². The SMILES string of the molecule is O=C(NCCCN1CCCCCC1)C1CCCCN1C(=O)c1cccs1. The van der Waals surface area contributed by atoms with Crippen molar-refractivity contribution in [3.63, 3.8) is 0 Å². The molecule has 0 saturated carbocycles. The molecule has 2 fully saturated rings. The van der Waals surface area contributed by atoms with Crippen LogP contribution in [0.3, 0.4) is 0 Å². The van der Waals surface area contributed by atoms with Crippen LogP contribution >= 0.6 is 11.3 Å². The van der Waals surface area contributed by atoms with Crippen molar-refractivity contribution in [2.24, 2.45) is 0 Å². The van der Waals surface area contributed by atoms with Crippen molar-refractivity contribution in [1.29, 1.82) is 0 Å². The summed E-state index contributed by atoms with van der Waals surface area (Å²) in [6.07, 6.45) is 9.05. The number of carbonyl (C=O) groups is 2. The van der Waals surface area contributed by atoms with E-state index in [4.69, 9.17) is 0 Å². The molecular formula is C20H31N3O2S. The van der Waals surface area contributed by atoms with Crippen molar-refractivity contribution in [3.8, 4) is 0 Å². The molecule has 1 atom stereocenters. The lowest BCUT2D eigenvalue weighted by Crippen LogP contribution is -2.52. The average molecular weight is 378 g/mol. The number of thiophene rings is 1. The molecule has 2 aliphatic heterocycles. The van der Waals surface area contributed by atoms with Gasteiger partial charge in [-0.2, -0.15) is 0 Å². The van der Waals surface area contributed by atoms with Gasteiger partial charge in [0.2, 0.25) is 5.91 Å². The second-order valence-electron chi connectivity index (χ2n) is 7.39. The molecule has 6 heteroatoms. The van der Waals surface area contributed by atoms with Crippen molar-refractivity contribution in [1.82, 2.24) is 15.1 Å². The van der Waals surface area contributed by atoms with Gasteiger partial charge >= 0.3 is 0 Å². The quantitative estimate of drug-likeness (QED) is 0.775. The van der Waals surface area contributed by atoms with E-state index in [1.165, 1.54) is 50.1 Å². The first-order valence-electron chi connectivity index (χ1n) is 10.1. The topological polar surface area (TPSA) is 52.7 Å². The number of rotatable bonds is 6. The molecule has 26 heavy (non-hydrogen) atoms. The predicted molar refractivity (Wildman–Crippen MR) is 106 cm³/mol. The molecule has 0 bridgehead atoms. The lowest BCUT2D eigenvalue weighted by Gasteiger charge is -2.34. The molecule has 0 aromatic carbocycles. The zero-order valence-corrected chi connectivity index (χ0v) is 16.4. The number of amides is 2. The monoisotopic (exact) mass is 377 g/mol. The lowest BCUT2D eigenvalue weighted by molar-refractivity contribution is -0.126. The molecule has 2 aliphatic rings. The Labute approximate surface area is 160 Å². The molecule has 144 valence electrons. The van der Waals surface area contributed by atoms with Crippen molar-refractivity contribution >= 4 is 23.2 Å². The van der Waals surface area contributed by atoms with E-state index in [9.17, 15) is 9.59 Å². The summed E-state index contributed by atoms with van der Waals surface area (Å²) in [7, 11) is 0. The largest absolute Gasteiger partial charge is 0.354 e. The lowest BCUT2D eigenvalue weighted by atomic mass is 10.0. The first kappa shape index (κ1) is 19.4. The maximum atomic E-state index is 12.7. The van der Waals surface area contributed by atoms with Crippen LogP contribution in [0.15, 0.2) is 17.5 Å². The maximum absolute atomic E-state index is 12.7. The van der Waals surface area contributed by atoms with Crippen molar-refractivity contribution in [3.05, 3.63) is 22.4 Å². The molecule has 3 rings (SSSR count). The molecule has 0 aliphatic carbocycles. The highest BCUT2D eigenvalue weighted by Gasteiger charge is 2.32. The third kappa shape index (κ3) is 5.30. The van der Waals surface area contributed by atoms with Crippen molar-refractivity contribution in [2.75, 3.05) is 32.7 Å². The number of carbonyl (C=O) groups excluding carboxylic acids is 2. The minimum absolute atomic E-state index is 0.00409. The third-order valence-electron chi connectivity index (χ3n) is 5.45. The molecule has 1 N–H and O–H groups in total. The highest BCUT2D eigenvalue weighted by atomic mass is 32.1. The van der Waals surface area contributed by atoms with Crippen LogP contribution in [-0.4, -0.2) is 60.4 Å². The molecule has 0 spiro atoms. The molecule has 1 aromatic heterocycles. The van der Waals surface area contributed by atoms with Gasteiger partial charge in [-0.3, -0.25) is 9.59 Å². The Morgan fingerprint density at radius 2 is 1.85 bits per heavy atom. The summed E-state index contributed by atoms with van der Waals surface area (Å²) >= 11 is 1.45. The number of likely N-dealkylation sites (tertiary alicyclic amines) is 2. The summed E-state index contributed by atoms with van der Waals surface area (Å²) in [6.45, 7) is 4.83. The van der Waals surface area contributed by atoms with E-state index in [0.29, 0.717) is 13.1 Å². The highest BCUT2D eigenvalue weighted by molar-refractivity contribution is 7.12. The highest BCUT2D eigenvalue weighted by Crippen LogP contribution is 2.22. The van der Waals surface area contributed by atoms with Crippen LogP contribution in [0, 0.1) is 0 Å². The molecule has 1 aromatic rings. The summed E-state index contributed by atoms with van der Waals surface area (Å²) in [4.78, 5) is 30.4. The Balaban J connectivity index is 1.45. The fraction of sp³-hybridized carbons (Fsp3) is 0.700. The molecule has 3 heterocycles. The second kappa shape index (κ2) is 10.1. The van der Waals surface area contributed by atoms with Crippen LogP contribution in [0.2, 0.25) is 0 Å². The first-order valence-corrected chi connectivity index (χ1v) is 11.0. The number of hydrogen-bond donors (Lipinski definition) is 1. The van der Waals surface area contributed by atoms with E-state index in [0.717, 1.165) is 37.1 Å². The zero-order chi connectivity index (χ0) is 18.2. The van der Waals surface area contributed by atoms with Gasteiger partial charge in [0.25, 0.3) is 5.91 Å². The second-order valence-corrected chi connectivity index (χ2v) is 8.34. The van der Waals surface area contributed by atoms with Crippen LogP contribution in [0.5, 0.6) is 0 Å². The molecular weight excluding hydrogens is 346 g/mol. The zero-order valence-electron chi connectivity index (χ0n) is 15.6. The standard InChI is InChI=1S/C20H31N3O2S/c24-19(21-11-8-14-22-12-4-1-2-5-13-22)17-9-3-6-15-23(17)20(25)18-10-7-16-26-18/h7,10,16-17H,1-6,8-9,11-15H2,(H,21,24). The van der Waals surface area contributed by atoms with Gasteiger partial charge in [0, 0.05) is 13.1 Å². The molecule has 1 unspecified atom stereocenters. The van der Waals surface area contributed by atoms with Gasteiger partial charge in [-0.1, -0.05) is 18.9 Å². The fourth-order valence-corrected chi connectivity index (χ4v) is 4.66. The van der Waals surface area contributed by atoms with E-state index in [-0.39, 0.29) is 17.9 Å². The van der Waals surface area contributed by atoms with Crippen LogP contribution in [0.1, 0.15) is 61.0 Å². The average Bonchev–Trinajstić information content (AvgIpc) is 3.09. The Kier molecular flexibility index (Phi) is 7.50. The number of piperidine rings is 1. The predicted octanol–water partition coefficient (Wildman–Crippen LogP) is 3.13. The minimum atomic E-state index is -0.309. The third-order valence-corrected chi connectivity index (χ3v) is 6.31. The van der Waals surface area contributed by atoms with Gasteiger partial charge in [-0.15, -0.1) is 11.3 Å². The van der Waals surface area contributed by atoms with E-state index in [1.54, 1.807) is 4.90 Å². The molecule has 2 saturated heterocycles. The van der Waals surface area contributed by atoms with Crippen LogP contribution in [0.25, 0.3) is 0 Å². The number of nitrogens with one attached hydrogen (secondary N) is 1. The number of nitrogens with zero attached hydrogens (tertiary/aromatic N) is 2. The van der Waals surface area contributed by atoms with Crippen molar-refractivity contribution < 1.29 is 9.59 Å². The van der Waals surface area contributed by atoms with Crippen molar-refractivity contribution in [2.45, 2.75) is 57.4 Å². The summed E-state index contributed by atoms with van der Waals surface area (Å²) in [5.41, 5.74) is 0. The van der Waals surface area contributed by atoms with Crippen LogP contribution < -0.4 is 5.32 Å².